The molecule has 0 bridgehead atoms. The number of esters is 2. The van der Waals surface area contributed by atoms with Crippen LogP contribution in [0.1, 0.15) is 287 Å². The second-order valence-corrected chi connectivity index (χ2v) is 21.5. The molecule has 0 amide bonds. The molecule has 0 rings (SSSR count). The molecule has 0 fully saturated rings. The third kappa shape index (κ3) is 45.6. The van der Waals surface area contributed by atoms with Crippen molar-refractivity contribution in [3.63, 3.8) is 0 Å². The lowest BCUT2D eigenvalue weighted by atomic mass is 9.96. The van der Waals surface area contributed by atoms with E-state index in [1.807, 2.05) is 0 Å². The van der Waals surface area contributed by atoms with Crippen LogP contribution < -0.4 is 0 Å². The molecule has 0 spiro atoms. The lowest BCUT2D eigenvalue weighted by molar-refractivity contribution is -0.146. The summed E-state index contributed by atoms with van der Waals surface area (Å²) in [6.45, 7) is 24.9. The van der Waals surface area contributed by atoms with Gasteiger partial charge in [-0.3, -0.25) is 9.59 Å². The number of likely N-dealkylation sites (N-methyl/N-ethyl adjacent to an activating group) is 1. The predicted molar refractivity (Wildman–Crippen MR) is 306 cm³/mol. The molecule has 0 saturated heterocycles. The predicted octanol–water partition coefficient (Wildman–Crippen LogP) is 17.2. The van der Waals surface area contributed by atoms with E-state index in [2.05, 4.69) is 65.2 Å². The summed E-state index contributed by atoms with van der Waals surface area (Å²) < 4.78 is 34.4. The molecule has 0 aliphatic carbocycles. The highest BCUT2D eigenvalue weighted by molar-refractivity contribution is 5.69. The van der Waals surface area contributed by atoms with E-state index in [1.54, 1.807) is 0 Å². The molecule has 0 aliphatic rings. The summed E-state index contributed by atoms with van der Waals surface area (Å²) in [5, 5.41) is 0. The molecule has 0 N–H and O–H groups in total. The zero-order valence-corrected chi connectivity index (χ0v) is 49.8. The smallest absolute Gasteiger partial charge is 0.465 e. The zero-order valence-electron chi connectivity index (χ0n) is 49.8. The van der Waals surface area contributed by atoms with Crippen molar-refractivity contribution in [2.75, 3.05) is 65.7 Å². The van der Waals surface area contributed by atoms with Gasteiger partial charge in [-0.2, -0.15) is 0 Å². The highest BCUT2D eigenvalue weighted by atomic mass is 16.7. The van der Waals surface area contributed by atoms with Gasteiger partial charge in [-0.1, -0.05) is 171 Å². The van der Waals surface area contributed by atoms with Gasteiger partial charge in [0.1, 0.15) is 12.2 Å². The fourth-order valence-corrected chi connectivity index (χ4v) is 9.67. The lowest BCUT2D eigenvalue weighted by Gasteiger charge is -2.26. The molecular weight excluding hydrogens is 933 g/mol. The van der Waals surface area contributed by atoms with Crippen LogP contribution in [0, 0.1) is 11.8 Å². The zero-order chi connectivity index (χ0) is 54.5. The average molecular weight is 1050 g/mol. The Bertz CT molecular complexity index is 1160. The summed E-state index contributed by atoms with van der Waals surface area (Å²) in [6, 6.07) is 0. The molecular formula is C62H120N2O10. The van der Waals surface area contributed by atoms with Crippen LogP contribution in [0.15, 0.2) is 0 Å². The maximum atomic E-state index is 12.9. The Morgan fingerprint density at radius 2 is 0.649 bits per heavy atom. The number of ether oxygens (including phenoxy) is 6. The normalized spacial score (nSPS) is 12.4. The van der Waals surface area contributed by atoms with Crippen molar-refractivity contribution in [3.8, 4) is 0 Å². The summed E-state index contributed by atoms with van der Waals surface area (Å²) in [6.07, 6.45) is 33.8. The minimum Gasteiger partial charge on any atom is -0.465 e. The molecule has 0 saturated carbocycles. The van der Waals surface area contributed by atoms with Gasteiger partial charge in [-0.25, -0.2) is 9.59 Å². The molecule has 0 radical (unpaired) electrons. The largest absolute Gasteiger partial charge is 0.508 e. The summed E-state index contributed by atoms with van der Waals surface area (Å²) in [5.41, 5.74) is 0. The number of carbonyl (C=O) groups is 4. The number of hydrogen-bond acceptors (Lipinski definition) is 12. The molecule has 2 atom stereocenters. The van der Waals surface area contributed by atoms with Gasteiger partial charge in [0.15, 0.2) is 0 Å². The molecule has 74 heavy (non-hydrogen) atoms. The van der Waals surface area contributed by atoms with Crippen LogP contribution in [0.4, 0.5) is 9.59 Å². The highest BCUT2D eigenvalue weighted by Gasteiger charge is 2.20. The van der Waals surface area contributed by atoms with Crippen molar-refractivity contribution < 1.29 is 47.6 Å². The minimum atomic E-state index is -0.621. The van der Waals surface area contributed by atoms with Crippen LogP contribution in [0.2, 0.25) is 0 Å². The first kappa shape index (κ1) is 71.4. The topological polar surface area (TPSA) is 130 Å². The van der Waals surface area contributed by atoms with Gasteiger partial charge in [0.05, 0.1) is 26.4 Å². The van der Waals surface area contributed by atoms with Crippen LogP contribution in [0.5, 0.6) is 0 Å². The molecule has 0 heterocycles. The van der Waals surface area contributed by atoms with Gasteiger partial charge in [0.25, 0.3) is 0 Å². The van der Waals surface area contributed by atoms with E-state index in [-0.39, 0.29) is 24.1 Å². The fraction of sp³-hybridized carbons (Fsp3) is 0.935. The molecule has 0 aromatic rings. The van der Waals surface area contributed by atoms with Crippen LogP contribution in [0.25, 0.3) is 0 Å². The molecule has 12 heteroatoms. The first-order valence-corrected chi connectivity index (χ1v) is 31.5. The Morgan fingerprint density at radius 1 is 0.324 bits per heavy atom. The van der Waals surface area contributed by atoms with Gasteiger partial charge < -0.3 is 38.2 Å². The van der Waals surface area contributed by atoms with E-state index >= 15 is 0 Å². The summed E-state index contributed by atoms with van der Waals surface area (Å²) in [4.78, 5) is 56.3. The average Bonchev–Trinajstić information content (AvgIpc) is 3.39. The minimum absolute atomic E-state index is 0.150. The standard InChI is InChI=1S/C62H120N2O10/c1-9-17-23-29-41-57(43-35-45-59(65)71-53-55(37-25-19-11-3)38-26-20-12-4)73-61(67)69-51-33-31-47-64(50-49-63(15-7)16-8)48-32-34-52-70-62(68)74-58(42-30-24-18-10-2)44-36-46-60(66)72-54-56(39-27-21-13-5)40-28-22-14-6/h55-58H,9-54H2,1-8H3. The maximum Gasteiger partial charge on any atom is 0.508 e. The maximum absolute atomic E-state index is 12.9. The van der Waals surface area contributed by atoms with Crippen molar-refractivity contribution in [3.05, 3.63) is 0 Å². The second-order valence-electron chi connectivity index (χ2n) is 21.5. The monoisotopic (exact) mass is 1050 g/mol. The number of nitrogens with zero attached hydrogens (tertiary/aromatic N) is 2. The van der Waals surface area contributed by atoms with Gasteiger partial charge >= 0.3 is 24.2 Å². The molecule has 2 unspecified atom stereocenters. The Hall–Kier alpha value is -2.60. The van der Waals surface area contributed by atoms with Crippen molar-refractivity contribution in [2.45, 2.75) is 299 Å². The second kappa shape index (κ2) is 53.8. The molecule has 12 nitrogen and oxygen atoms in total. The molecule has 0 aromatic heterocycles. The van der Waals surface area contributed by atoms with E-state index in [0.29, 0.717) is 76.8 Å². The van der Waals surface area contributed by atoms with Crippen LogP contribution >= 0.6 is 0 Å². The molecule has 438 valence electrons. The summed E-state index contributed by atoms with van der Waals surface area (Å²) >= 11 is 0. The van der Waals surface area contributed by atoms with Crippen molar-refractivity contribution in [1.82, 2.24) is 9.80 Å². The van der Waals surface area contributed by atoms with Gasteiger partial charge in [-0.15, -0.1) is 0 Å². The summed E-state index contributed by atoms with van der Waals surface area (Å²) in [5.74, 6) is 0.583. The summed E-state index contributed by atoms with van der Waals surface area (Å²) in [7, 11) is 0. The fourth-order valence-electron chi connectivity index (χ4n) is 9.67. The van der Waals surface area contributed by atoms with Crippen LogP contribution in [0.3, 0.4) is 0 Å². The highest BCUT2D eigenvalue weighted by Crippen LogP contribution is 2.22. The van der Waals surface area contributed by atoms with Crippen molar-refractivity contribution in [2.24, 2.45) is 11.8 Å². The third-order valence-electron chi connectivity index (χ3n) is 14.7. The molecule has 0 aromatic carbocycles. The Morgan fingerprint density at radius 3 is 1.00 bits per heavy atom. The van der Waals surface area contributed by atoms with Crippen molar-refractivity contribution in [1.29, 1.82) is 0 Å². The van der Waals surface area contributed by atoms with Gasteiger partial charge in [0.2, 0.25) is 0 Å². The number of hydrogen-bond donors (Lipinski definition) is 0. The quantitative estimate of drug-likeness (QED) is 0.0326. The number of carbonyl (C=O) groups excluding carboxylic acids is 4. The third-order valence-corrected chi connectivity index (χ3v) is 14.7. The van der Waals surface area contributed by atoms with Crippen LogP contribution in [-0.4, -0.2) is 112 Å². The first-order valence-electron chi connectivity index (χ1n) is 31.5. The van der Waals surface area contributed by atoms with Crippen LogP contribution in [-0.2, 0) is 38.0 Å². The lowest BCUT2D eigenvalue weighted by Crippen LogP contribution is -2.36. The van der Waals surface area contributed by atoms with Gasteiger partial charge in [-0.05, 0) is 141 Å². The SMILES string of the molecule is CCCCCCC(CCCC(=O)OCC(CCCCC)CCCCC)OC(=O)OCCCCN(CCCCOC(=O)OC(CCCCCC)CCCC(=O)OCC(CCCCC)CCCCC)CCN(CC)CC. The Balaban J connectivity index is 4.99. The van der Waals surface area contributed by atoms with E-state index in [0.717, 1.165) is 155 Å². The van der Waals surface area contributed by atoms with Crippen molar-refractivity contribution >= 4 is 24.2 Å². The van der Waals surface area contributed by atoms with E-state index < -0.39 is 12.3 Å². The van der Waals surface area contributed by atoms with Gasteiger partial charge in [0, 0.05) is 25.9 Å². The van der Waals surface area contributed by atoms with E-state index in [1.165, 1.54) is 77.0 Å². The number of rotatable bonds is 55. The Kier molecular flexibility index (Phi) is 51.9. The first-order chi connectivity index (χ1) is 36.1. The van der Waals surface area contributed by atoms with E-state index in [4.69, 9.17) is 28.4 Å². The van der Waals surface area contributed by atoms with E-state index in [9.17, 15) is 19.2 Å². The Labute approximate surface area is 456 Å². The molecule has 0 aliphatic heterocycles. The number of unbranched alkanes of at least 4 members (excludes halogenated alkanes) is 16.